The van der Waals surface area contributed by atoms with E-state index in [1.165, 1.54) is 19.2 Å². The van der Waals surface area contributed by atoms with Crippen LogP contribution in [0.25, 0.3) is 11.0 Å². The topological polar surface area (TPSA) is 82.8 Å². The standard InChI is InChI=1S/C19H13ClO6/c1-24-17-7-6-11(8-13(17)20)15(22)10-25-19(23)18-9-14(21)12-4-2-3-5-16(12)26-18/h2-9H,10H2,1H3. The molecule has 0 fully saturated rings. The molecule has 0 spiro atoms. The van der Waals surface area contributed by atoms with Crippen LogP contribution in [0.2, 0.25) is 5.02 Å². The minimum absolute atomic E-state index is 0.264. The molecule has 0 aliphatic rings. The summed E-state index contributed by atoms with van der Waals surface area (Å²) in [6, 6.07) is 12.0. The third-order valence-corrected chi connectivity index (χ3v) is 3.94. The van der Waals surface area contributed by atoms with Crippen molar-refractivity contribution in [1.82, 2.24) is 0 Å². The van der Waals surface area contributed by atoms with Gasteiger partial charge in [-0.2, -0.15) is 0 Å². The van der Waals surface area contributed by atoms with Crippen molar-refractivity contribution < 1.29 is 23.5 Å². The highest BCUT2D eigenvalue weighted by atomic mass is 35.5. The second kappa shape index (κ2) is 7.41. The number of halogens is 1. The fourth-order valence-corrected chi connectivity index (χ4v) is 2.59. The molecule has 1 heterocycles. The zero-order chi connectivity index (χ0) is 18.7. The number of fused-ring (bicyclic) bond motifs is 1. The number of hydrogen-bond donors (Lipinski definition) is 0. The number of rotatable bonds is 5. The Morgan fingerprint density at radius 2 is 1.88 bits per heavy atom. The lowest BCUT2D eigenvalue weighted by Gasteiger charge is -2.07. The highest BCUT2D eigenvalue weighted by molar-refractivity contribution is 6.32. The van der Waals surface area contributed by atoms with Crippen molar-refractivity contribution >= 4 is 34.3 Å². The molecular formula is C19H13ClO6. The molecule has 0 bridgehead atoms. The summed E-state index contributed by atoms with van der Waals surface area (Å²) in [5, 5.41) is 0.623. The molecule has 0 aliphatic carbocycles. The Hall–Kier alpha value is -3.12. The fraction of sp³-hybridized carbons (Fsp3) is 0.105. The van der Waals surface area contributed by atoms with Gasteiger partial charge in [-0.1, -0.05) is 23.7 Å². The highest BCUT2D eigenvalue weighted by Crippen LogP contribution is 2.25. The average molecular weight is 373 g/mol. The van der Waals surface area contributed by atoms with Gasteiger partial charge in [0.15, 0.2) is 17.8 Å². The van der Waals surface area contributed by atoms with Gasteiger partial charge in [0.2, 0.25) is 5.76 Å². The van der Waals surface area contributed by atoms with E-state index in [4.69, 9.17) is 25.5 Å². The van der Waals surface area contributed by atoms with Crippen LogP contribution < -0.4 is 10.2 Å². The van der Waals surface area contributed by atoms with Crippen LogP contribution in [0.5, 0.6) is 5.75 Å². The fourth-order valence-electron chi connectivity index (χ4n) is 2.33. The number of Topliss-reactive ketones (excluding diaryl/α,β-unsaturated/α-hetero) is 1. The SMILES string of the molecule is COc1ccc(C(=O)COC(=O)c2cc(=O)c3ccccc3o2)cc1Cl. The summed E-state index contributed by atoms with van der Waals surface area (Å²) in [6.45, 7) is -0.516. The van der Waals surface area contributed by atoms with Crippen LogP contribution >= 0.6 is 11.6 Å². The van der Waals surface area contributed by atoms with Gasteiger partial charge in [0.05, 0.1) is 17.5 Å². The third-order valence-electron chi connectivity index (χ3n) is 3.64. The van der Waals surface area contributed by atoms with E-state index in [0.717, 1.165) is 6.07 Å². The number of carbonyl (C=O) groups excluding carboxylic acids is 2. The van der Waals surface area contributed by atoms with E-state index < -0.39 is 18.4 Å². The molecule has 3 aromatic rings. The number of esters is 1. The van der Waals surface area contributed by atoms with Gasteiger partial charge in [0.25, 0.3) is 0 Å². The van der Waals surface area contributed by atoms with Crippen LogP contribution in [0.3, 0.4) is 0 Å². The number of carbonyl (C=O) groups is 2. The smallest absolute Gasteiger partial charge is 0.374 e. The molecule has 132 valence electrons. The molecule has 0 saturated carbocycles. The van der Waals surface area contributed by atoms with Gasteiger partial charge in [-0.05, 0) is 30.3 Å². The normalized spacial score (nSPS) is 10.5. The average Bonchev–Trinajstić information content (AvgIpc) is 2.65. The van der Waals surface area contributed by atoms with Crippen LogP contribution in [0.1, 0.15) is 20.9 Å². The van der Waals surface area contributed by atoms with E-state index in [1.807, 2.05) is 0 Å². The Morgan fingerprint density at radius 3 is 2.62 bits per heavy atom. The second-order valence-electron chi connectivity index (χ2n) is 5.32. The van der Waals surface area contributed by atoms with Crippen LogP contribution in [0.15, 0.2) is 57.7 Å². The minimum atomic E-state index is -0.902. The van der Waals surface area contributed by atoms with Crippen molar-refractivity contribution in [2.24, 2.45) is 0 Å². The first-order chi connectivity index (χ1) is 12.5. The number of para-hydroxylation sites is 1. The molecule has 6 nitrogen and oxygen atoms in total. The molecular weight excluding hydrogens is 360 g/mol. The Labute approximate surface area is 152 Å². The van der Waals surface area contributed by atoms with E-state index >= 15 is 0 Å². The van der Waals surface area contributed by atoms with Crippen molar-refractivity contribution in [2.45, 2.75) is 0 Å². The molecule has 3 rings (SSSR count). The molecule has 0 radical (unpaired) electrons. The van der Waals surface area contributed by atoms with Gasteiger partial charge in [0.1, 0.15) is 11.3 Å². The summed E-state index contributed by atoms with van der Waals surface area (Å²) in [4.78, 5) is 36.2. The largest absolute Gasteiger partial charge is 0.495 e. The van der Waals surface area contributed by atoms with Crippen LogP contribution in [-0.4, -0.2) is 25.5 Å². The van der Waals surface area contributed by atoms with Crippen molar-refractivity contribution in [1.29, 1.82) is 0 Å². The van der Waals surface area contributed by atoms with Crippen LogP contribution in [-0.2, 0) is 4.74 Å². The first-order valence-electron chi connectivity index (χ1n) is 7.56. The van der Waals surface area contributed by atoms with Gasteiger partial charge < -0.3 is 13.9 Å². The maximum absolute atomic E-state index is 12.1. The summed E-state index contributed by atoms with van der Waals surface area (Å²) >= 11 is 5.97. The predicted molar refractivity (Wildman–Crippen MR) is 95.1 cm³/mol. The van der Waals surface area contributed by atoms with Gasteiger partial charge in [-0.25, -0.2) is 4.79 Å². The monoisotopic (exact) mass is 372 g/mol. The Bertz CT molecular complexity index is 1050. The van der Waals surface area contributed by atoms with Crippen molar-refractivity contribution in [3.05, 3.63) is 75.1 Å². The van der Waals surface area contributed by atoms with Crippen molar-refractivity contribution in [3.63, 3.8) is 0 Å². The Kier molecular flexibility index (Phi) is 5.04. The zero-order valence-corrected chi connectivity index (χ0v) is 14.4. The first kappa shape index (κ1) is 17.7. The number of ether oxygens (including phenoxy) is 2. The number of methoxy groups -OCH3 is 1. The molecule has 0 amide bonds. The lowest BCUT2D eigenvalue weighted by Crippen LogP contribution is -2.16. The van der Waals surface area contributed by atoms with E-state index in [1.54, 1.807) is 30.3 Å². The molecule has 0 unspecified atom stereocenters. The maximum atomic E-state index is 12.1. The second-order valence-corrected chi connectivity index (χ2v) is 5.73. The van der Waals surface area contributed by atoms with E-state index in [9.17, 15) is 14.4 Å². The summed E-state index contributed by atoms with van der Waals surface area (Å²) in [5.41, 5.74) is 0.163. The molecule has 1 aromatic heterocycles. The van der Waals surface area contributed by atoms with Crippen LogP contribution in [0.4, 0.5) is 0 Å². The van der Waals surface area contributed by atoms with E-state index in [0.29, 0.717) is 11.1 Å². The Balaban J connectivity index is 1.73. The number of benzene rings is 2. The van der Waals surface area contributed by atoms with E-state index in [-0.39, 0.29) is 27.4 Å². The molecule has 2 aromatic carbocycles. The third kappa shape index (κ3) is 3.60. The minimum Gasteiger partial charge on any atom is -0.495 e. The first-order valence-corrected chi connectivity index (χ1v) is 7.94. The van der Waals surface area contributed by atoms with E-state index in [2.05, 4.69) is 0 Å². The zero-order valence-electron chi connectivity index (χ0n) is 13.7. The summed E-state index contributed by atoms with van der Waals surface area (Å²) < 4.78 is 15.3. The van der Waals surface area contributed by atoms with Crippen molar-refractivity contribution in [2.75, 3.05) is 13.7 Å². The molecule has 0 aliphatic heterocycles. The van der Waals surface area contributed by atoms with Crippen LogP contribution in [0, 0.1) is 0 Å². The predicted octanol–water partition coefficient (Wildman–Crippen LogP) is 3.49. The summed E-state index contributed by atoms with van der Waals surface area (Å²) in [5.74, 6) is -1.20. The maximum Gasteiger partial charge on any atom is 0.374 e. The highest BCUT2D eigenvalue weighted by Gasteiger charge is 2.17. The number of hydrogen-bond acceptors (Lipinski definition) is 6. The number of ketones is 1. The Morgan fingerprint density at radius 1 is 1.12 bits per heavy atom. The molecule has 0 N–H and O–H groups in total. The summed E-state index contributed by atoms with van der Waals surface area (Å²) in [6.07, 6.45) is 0. The van der Waals surface area contributed by atoms with Crippen molar-refractivity contribution in [3.8, 4) is 5.75 Å². The van der Waals surface area contributed by atoms with Gasteiger partial charge in [-0.15, -0.1) is 0 Å². The lowest BCUT2D eigenvalue weighted by atomic mass is 10.1. The molecule has 7 heteroatoms. The summed E-state index contributed by atoms with van der Waals surface area (Å²) in [7, 11) is 1.46. The van der Waals surface area contributed by atoms with Gasteiger partial charge >= 0.3 is 5.97 Å². The quantitative estimate of drug-likeness (QED) is 0.503. The lowest BCUT2D eigenvalue weighted by molar-refractivity contribution is 0.0444. The van der Waals surface area contributed by atoms with Gasteiger partial charge in [0, 0.05) is 11.6 Å². The molecule has 0 atom stereocenters. The molecule has 0 saturated heterocycles. The van der Waals surface area contributed by atoms with Gasteiger partial charge in [-0.3, -0.25) is 9.59 Å². The molecule has 26 heavy (non-hydrogen) atoms.